The van der Waals surface area contributed by atoms with Crippen molar-refractivity contribution in [1.82, 2.24) is 57.5 Å². The number of nitrogens with one attached hydrogen (secondary N) is 7. The first-order valence-corrected chi connectivity index (χ1v) is 32.5. The van der Waals surface area contributed by atoms with Crippen molar-refractivity contribution in [3.8, 4) is 5.88 Å². The zero-order chi connectivity index (χ0) is 65.7. The molecule has 6 aromatic heterocycles. The standard InChI is InChI=1S/C7H11NO2.3C7H11NOS.2C6H12N2O3S.C6H10N2O2.C6H10N2OS/c1-7(2,3)5-4-10-6(9)8-5;1-7(2,3)6-8-5(9)4-10-6;2*1-7(2,3)5-4-10-6(9)8-5;1-4(2)8-5(3)6(9)7-12(8,10)11;1-4(2)8-6(9)5(3)7-12(8,10)11;2*1-6(2,3)4-7-5(9)10-8-4/h4H,1-3H3,(H,8,9);4,9H,1-3H3;2*4H,1-3H3,(H,8,9);4-5H,1-3H3,(H,7,9);4-5,7H,1-3H3;2*1-3H3,(H,7,8,9). The molecule has 2 amide bonds. The Morgan fingerprint density at radius 2 is 1.04 bits per heavy atom. The molecule has 2 aliphatic rings. The molecule has 8 heterocycles. The Kier molecular flexibility index (Phi) is 27.4. The summed E-state index contributed by atoms with van der Waals surface area (Å²) in [5, 5.41) is 18.8. The van der Waals surface area contributed by atoms with Gasteiger partial charge in [-0.15, -0.1) is 11.3 Å². The highest BCUT2D eigenvalue weighted by molar-refractivity contribution is 7.88. The van der Waals surface area contributed by atoms with Crippen molar-refractivity contribution < 1.29 is 40.5 Å². The number of rotatable bonds is 2. The normalized spacial score (nSPS) is 16.8. The number of oxazole rings is 1. The second-order valence-corrected chi connectivity index (χ2v) is 32.2. The molecule has 0 aliphatic carbocycles. The summed E-state index contributed by atoms with van der Waals surface area (Å²) in [5.74, 6) is -0.238. The highest BCUT2D eigenvalue weighted by Gasteiger charge is 2.43. The number of nitrogens with zero attached hydrogens (tertiary/aromatic N) is 5. The minimum absolute atomic E-state index is 0.0323. The molecule has 8 rings (SSSR count). The molecule has 2 unspecified atom stereocenters. The summed E-state index contributed by atoms with van der Waals surface area (Å²) >= 11 is 4.91. The molecule has 6 aromatic rings. The van der Waals surface area contributed by atoms with E-state index in [-0.39, 0.29) is 76.7 Å². The summed E-state index contributed by atoms with van der Waals surface area (Å²) < 4.78 is 63.9. The third-order valence-corrected chi connectivity index (χ3v) is 17.5. The summed E-state index contributed by atoms with van der Waals surface area (Å²) in [6.07, 6.45) is 1.46. The second kappa shape index (κ2) is 30.1. The molecule has 2 fully saturated rings. The lowest BCUT2D eigenvalue weighted by Gasteiger charge is -2.20. The van der Waals surface area contributed by atoms with Gasteiger partial charge >= 0.3 is 46.5 Å². The van der Waals surface area contributed by atoms with Gasteiger partial charge in [-0.3, -0.25) is 43.4 Å². The van der Waals surface area contributed by atoms with Gasteiger partial charge in [-0.05, 0) is 41.5 Å². The van der Waals surface area contributed by atoms with Crippen molar-refractivity contribution in [2.24, 2.45) is 0 Å². The van der Waals surface area contributed by atoms with E-state index in [2.05, 4.69) is 115 Å². The minimum atomic E-state index is -3.55. The van der Waals surface area contributed by atoms with Crippen LogP contribution in [0.25, 0.3) is 0 Å². The quantitative estimate of drug-likeness (QED) is 0.0827. The average Bonchev–Trinajstić information content (AvgIpc) is 4.17. The van der Waals surface area contributed by atoms with Crippen LogP contribution in [0.15, 0.2) is 55.3 Å². The lowest BCUT2D eigenvalue weighted by Crippen LogP contribution is -2.39. The van der Waals surface area contributed by atoms with Crippen LogP contribution in [0.4, 0.5) is 0 Å². The van der Waals surface area contributed by atoms with Crippen LogP contribution in [-0.2, 0) is 62.5 Å². The summed E-state index contributed by atoms with van der Waals surface area (Å²) in [6, 6.07) is -1.73. The molecule has 0 aromatic carbocycles. The summed E-state index contributed by atoms with van der Waals surface area (Å²) in [6.45, 7) is 46.4. The zero-order valence-electron chi connectivity index (χ0n) is 52.6. The van der Waals surface area contributed by atoms with Crippen LogP contribution in [0.5, 0.6) is 5.88 Å². The Morgan fingerprint density at radius 3 is 1.20 bits per heavy atom. The number of aromatic hydroxyl groups is 1. The molecular formula is C52H88N12O14S6. The molecule has 2 aliphatic heterocycles. The van der Waals surface area contributed by atoms with E-state index in [1.54, 1.807) is 40.0 Å². The lowest BCUT2D eigenvalue weighted by molar-refractivity contribution is -0.127. The van der Waals surface area contributed by atoms with Crippen LogP contribution >= 0.6 is 45.5 Å². The van der Waals surface area contributed by atoms with Gasteiger partial charge in [0.1, 0.15) is 29.2 Å². The summed E-state index contributed by atoms with van der Waals surface area (Å²) in [7, 11) is -7.10. The van der Waals surface area contributed by atoms with E-state index < -0.39 is 44.2 Å². The largest absolute Gasteiger partial charge is 0.493 e. The van der Waals surface area contributed by atoms with Crippen LogP contribution in [-0.4, -0.2) is 106 Å². The van der Waals surface area contributed by atoms with Gasteiger partial charge in [0.05, 0.1) is 11.1 Å². The Balaban J connectivity index is 0.000000481. The maximum atomic E-state index is 11.2. The molecule has 0 spiro atoms. The van der Waals surface area contributed by atoms with Gasteiger partial charge in [0, 0.05) is 78.3 Å². The number of hydrogen-bond donors (Lipinski definition) is 8. The van der Waals surface area contributed by atoms with Gasteiger partial charge in [-0.25, -0.2) is 23.6 Å². The molecule has 32 heteroatoms. The van der Waals surface area contributed by atoms with Crippen LogP contribution in [0.3, 0.4) is 0 Å². The Hall–Kier alpha value is -5.64. The number of hydrogen-bond acceptors (Lipinski definition) is 21. The van der Waals surface area contributed by atoms with Gasteiger partial charge in [0.25, 0.3) is 11.8 Å². The fraction of sp³-hybridized carbons (Fsp3) is 0.654. The first-order valence-electron chi connectivity index (χ1n) is 26.3. The van der Waals surface area contributed by atoms with Crippen LogP contribution < -0.4 is 35.6 Å². The average molecular weight is 1300 g/mol. The second-order valence-electron chi connectivity index (χ2n) is 25.7. The molecule has 84 heavy (non-hydrogen) atoms. The third kappa shape index (κ3) is 25.5. The van der Waals surface area contributed by atoms with Gasteiger partial charge in [-0.2, -0.15) is 30.2 Å². The molecule has 26 nitrogen and oxygen atoms in total. The lowest BCUT2D eigenvalue weighted by atomic mass is 9.93. The summed E-state index contributed by atoms with van der Waals surface area (Å²) in [4.78, 5) is 92.5. The van der Waals surface area contributed by atoms with Crippen molar-refractivity contribution in [3.05, 3.63) is 106 Å². The number of thiazole rings is 3. The summed E-state index contributed by atoms with van der Waals surface area (Å²) in [5.41, 5.74) is 2.84. The van der Waals surface area contributed by atoms with Gasteiger partial charge in [-0.1, -0.05) is 152 Å². The Morgan fingerprint density at radius 1 is 0.560 bits per heavy atom. The number of aromatic amines is 5. The fourth-order valence-electron chi connectivity index (χ4n) is 6.14. The third-order valence-electron chi connectivity index (χ3n) is 10.8. The monoisotopic (exact) mass is 1300 g/mol. The van der Waals surface area contributed by atoms with Crippen LogP contribution in [0.1, 0.15) is 200 Å². The van der Waals surface area contributed by atoms with Crippen LogP contribution in [0.2, 0.25) is 0 Å². The van der Waals surface area contributed by atoms with Gasteiger partial charge in [0.15, 0.2) is 5.82 Å². The zero-order valence-corrected chi connectivity index (χ0v) is 57.5. The van der Waals surface area contributed by atoms with E-state index >= 15 is 0 Å². The van der Waals surface area contributed by atoms with E-state index in [1.807, 2.05) is 77.8 Å². The number of H-pyrrole nitrogens is 5. The minimum Gasteiger partial charge on any atom is -0.493 e. The SMILES string of the molecule is CC(C)(C)c1coc(=O)[nH]1.CC(C)(C)c1csc(=O)[nH]1.CC(C)(C)c1csc(=O)[nH]1.CC(C)(C)c1nc(O)cs1.CC(C)(C)c1noc(=O)[nH]1.CC(C)(C)c1nsc(=O)[nH]1.CC(C)N1C(C)C(=O)NS1(=O)=O.CC1NS(=O)(=O)N(C(C)C)C1=O. The topological polar surface area (TPSA) is 382 Å². The highest BCUT2D eigenvalue weighted by Crippen LogP contribution is 2.28. The molecule has 0 bridgehead atoms. The predicted molar refractivity (Wildman–Crippen MR) is 332 cm³/mol. The van der Waals surface area contributed by atoms with Crippen molar-refractivity contribution in [1.29, 1.82) is 0 Å². The smallest absolute Gasteiger partial charge is 0.438 e. The molecule has 8 N–H and O–H groups in total. The van der Waals surface area contributed by atoms with Gasteiger partial charge in [0.2, 0.25) is 5.88 Å². The molecular weight excluding hydrogens is 1210 g/mol. The first kappa shape index (κ1) is 76.4. The van der Waals surface area contributed by atoms with Crippen molar-refractivity contribution in [2.45, 2.75) is 223 Å². The highest BCUT2D eigenvalue weighted by atomic mass is 32.2. The van der Waals surface area contributed by atoms with E-state index in [0.29, 0.717) is 5.82 Å². The fourth-order valence-corrected chi connectivity index (χ4v) is 12.4. The molecule has 476 valence electrons. The predicted octanol–water partition coefficient (Wildman–Crippen LogP) is 7.59. The van der Waals surface area contributed by atoms with Crippen LogP contribution in [0, 0.1) is 0 Å². The molecule has 0 radical (unpaired) electrons. The van der Waals surface area contributed by atoms with E-state index in [0.717, 1.165) is 48.1 Å². The molecule has 2 saturated heterocycles. The first-order chi connectivity index (χ1) is 37.7. The number of aromatic nitrogens is 8. The van der Waals surface area contributed by atoms with Crippen molar-refractivity contribution in [3.63, 3.8) is 0 Å². The van der Waals surface area contributed by atoms with Crippen molar-refractivity contribution in [2.75, 3.05) is 0 Å². The molecule has 2 atom stereocenters. The van der Waals surface area contributed by atoms with Gasteiger partial charge < -0.3 is 19.5 Å². The molecule has 0 saturated carbocycles. The van der Waals surface area contributed by atoms with E-state index in [9.17, 15) is 50.4 Å². The van der Waals surface area contributed by atoms with Crippen molar-refractivity contribution >= 4 is 77.8 Å². The maximum absolute atomic E-state index is 11.2. The number of carbonyl (C=O) groups is 2. The maximum Gasteiger partial charge on any atom is 0.438 e. The Bertz CT molecular complexity index is 3190. The Labute approximate surface area is 507 Å². The van der Waals surface area contributed by atoms with E-state index in [4.69, 9.17) is 5.11 Å². The number of carbonyl (C=O) groups excluding carboxylic acids is 2. The number of amides is 2. The van der Waals surface area contributed by atoms with E-state index in [1.165, 1.54) is 47.2 Å².